The second-order valence-corrected chi connectivity index (χ2v) is 5.05. The molecule has 0 aliphatic carbocycles. The summed E-state index contributed by atoms with van der Waals surface area (Å²) in [6.07, 6.45) is 0. The third-order valence-electron chi connectivity index (χ3n) is 2.38. The zero-order chi connectivity index (χ0) is 13.1. The van der Waals surface area contributed by atoms with E-state index >= 15 is 0 Å². The molecule has 0 amide bonds. The highest BCUT2D eigenvalue weighted by Crippen LogP contribution is 2.31. The molecule has 0 N–H and O–H groups in total. The van der Waals surface area contributed by atoms with Gasteiger partial charge in [0.05, 0.1) is 10.6 Å². The van der Waals surface area contributed by atoms with Crippen LogP contribution in [0.3, 0.4) is 0 Å². The summed E-state index contributed by atoms with van der Waals surface area (Å²) in [6, 6.07) is 12.8. The molecule has 2 aromatic carbocycles. The molecule has 2 rings (SSSR count). The van der Waals surface area contributed by atoms with E-state index < -0.39 is 0 Å². The number of rotatable bonds is 2. The van der Waals surface area contributed by atoms with Crippen LogP contribution < -0.4 is 4.74 Å². The summed E-state index contributed by atoms with van der Waals surface area (Å²) in [5.41, 5.74) is 1.64. The van der Waals surface area contributed by atoms with Gasteiger partial charge in [-0.15, -0.1) is 0 Å². The van der Waals surface area contributed by atoms with E-state index in [-0.39, 0.29) is 0 Å². The van der Waals surface area contributed by atoms with E-state index in [4.69, 9.17) is 21.6 Å². The molecular weight excluding hydrogens is 314 g/mol. The lowest BCUT2D eigenvalue weighted by Crippen LogP contribution is -1.87. The van der Waals surface area contributed by atoms with Crippen LogP contribution in [-0.4, -0.2) is 0 Å². The molecule has 0 saturated carbocycles. The summed E-state index contributed by atoms with van der Waals surface area (Å²) in [7, 11) is 0. The van der Waals surface area contributed by atoms with Crippen molar-refractivity contribution in [2.75, 3.05) is 0 Å². The third-order valence-corrected chi connectivity index (χ3v) is 3.33. The first-order valence-corrected chi connectivity index (χ1v) is 6.41. The summed E-state index contributed by atoms with van der Waals surface area (Å²) in [5, 5.41) is 9.40. The summed E-state index contributed by atoms with van der Waals surface area (Å²) in [5.74, 6) is 1.23. The summed E-state index contributed by atoms with van der Waals surface area (Å²) >= 11 is 9.40. The van der Waals surface area contributed by atoms with E-state index in [1.54, 1.807) is 18.2 Å². The van der Waals surface area contributed by atoms with Crippen molar-refractivity contribution >= 4 is 27.5 Å². The smallest absolute Gasteiger partial charge is 0.146 e. The Bertz CT molecular complexity index is 634. The molecule has 0 aliphatic rings. The average molecular weight is 323 g/mol. The van der Waals surface area contributed by atoms with Gasteiger partial charge in [0.2, 0.25) is 0 Å². The summed E-state index contributed by atoms with van der Waals surface area (Å²) < 4.78 is 6.37. The van der Waals surface area contributed by atoms with Crippen molar-refractivity contribution in [3.63, 3.8) is 0 Å². The van der Waals surface area contributed by atoms with Crippen LogP contribution in [0.5, 0.6) is 11.5 Å². The van der Waals surface area contributed by atoms with Gasteiger partial charge in [0.25, 0.3) is 0 Å². The van der Waals surface area contributed by atoms with Crippen molar-refractivity contribution < 1.29 is 4.74 Å². The number of nitrogens with zero attached hydrogens (tertiary/aromatic N) is 1. The highest BCUT2D eigenvalue weighted by Gasteiger charge is 2.05. The van der Waals surface area contributed by atoms with Gasteiger partial charge in [0.1, 0.15) is 17.6 Å². The minimum Gasteiger partial charge on any atom is -0.456 e. The molecule has 0 aromatic heterocycles. The quantitative estimate of drug-likeness (QED) is 0.773. The molecule has 0 atom stereocenters. The van der Waals surface area contributed by atoms with Crippen molar-refractivity contribution in [2.24, 2.45) is 0 Å². The van der Waals surface area contributed by atoms with Gasteiger partial charge in [-0.3, -0.25) is 0 Å². The van der Waals surface area contributed by atoms with E-state index in [0.29, 0.717) is 26.6 Å². The summed E-state index contributed by atoms with van der Waals surface area (Å²) in [6.45, 7) is 1.97. The maximum atomic E-state index is 8.83. The Kier molecular flexibility index (Phi) is 3.90. The van der Waals surface area contributed by atoms with E-state index in [2.05, 4.69) is 22.0 Å². The lowest BCUT2D eigenvalue weighted by atomic mass is 10.2. The van der Waals surface area contributed by atoms with Gasteiger partial charge < -0.3 is 4.74 Å². The first kappa shape index (κ1) is 12.9. The topological polar surface area (TPSA) is 33.0 Å². The van der Waals surface area contributed by atoms with Crippen LogP contribution in [0.15, 0.2) is 40.9 Å². The molecule has 0 radical (unpaired) electrons. The number of hydrogen-bond donors (Lipinski definition) is 0. The Morgan fingerprint density at radius 2 is 2.00 bits per heavy atom. The van der Waals surface area contributed by atoms with E-state index in [9.17, 15) is 0 Å². The summed E-state index contributed by atoms with van der Waals surface area (Å²) in [4.78, 5) is 0. The first-order valence-electron chi connectivity index (χ1n) is 5.24. The van der Waals surface area contributed by atoms with Crippen LogP contribution >= 0.6 is 27.5 Å². The third kappa shape index (κ3) is 2.84. The molecule has 90 valence electrons. The SMILES string of the molecule is Cc1ccc(Oc2ccc(C#N)c(Br)c2)c(Cl)c1. The van der Waals surface area contributed by atoms with Crippen LogP contribution in [0.4, 0.5) is 0 Å². The fraction of sp³-hybridized carbons (Fsp3) is 0.0714. The molecule has 0 spiro atoms. The highest BCUT2D eigenvalue weighted by molar-refractivity contribution is 9.10. The first-order chi connectivity index (χ1) is 8.60. The fourth-order valence-electron chi connectivity index (χ4n) is 1.47. The Hall–Kier alpha value is -1.50. The lowest BCUT2D eigenvalue weighted by Gasteiger charge is -2.08. The van der Waals surface area contributed by atoms with Crippen LogP contribution in [0.25, 0.3) is 0 Å². The molecule has 0 saturated heterocycles. The molecule has 2 nitrogen and oxygen atoms in total. The maximum Gasteiger partial charge on any atom is 0.146 e. The van der Waals surface area contributed by atoms with E-state index in [1.807, 2.05) is 25.1 Å². The van der Waals surface area contributed by atoms with Gasteiger partial charge in [-0.1, -0.05) is 17.7 Å². The minimum atomic E-state index is 0.565. The molecular formula is C14H9BrClNO. The number of halogens is 2. The largest absolute Gasteiger partial charge is 0.456 e. The Morgan fingerprint density at radius 1 is 1.22 bits per heavy atom. The number of nitriles is 1. The van der Waals surface area contributed by atoms with Crippen LogP contribution in [-0.2, 0) is 0 Å². The zero-order valence-corrected chi connectivity index (χ0v) is 11.9. The molecule has 0 unspecified atom stereocenters. The molecule has 0 aliphatic heterocycles. The second-order valence-electron chi connectivity index (χ2n) is 3.79. The second kappa shape index (κ2) is 5.43. The van der Waals surface area contributed by atoms with Crippen molar-refractivity contribution in [2.45, 2.75) is 6.92 Å². The number of benzene rings is 2. The van der Waals surface area contributed by atoms with Crippen molar-refractivity contribution in [3.05, 3.63) is 57.0 Å². The molecule has 18 heavy (non-hydrogen) atoms. The van der Waals surface area contributed by atoms with E-state index in [1.165, 1.54) is 0 Å². The zero-order valence-electron chi connectivity index (χ0n) is 9.58. The lowest BCUT2D eigenvalue weighted by molar-refractivity contribution is 0.482. The predicted molar refractivity (Wildman–Crippen MR) is 75.1 cm³/mol. The fourth-order valence-corrected chi connectivity index (χ4v) is 2.19. The van der Waals surface area contributed by atoms with Gasteiger partial charge >= 0.3 is 0 Å². The standard InChI is InChI=1S/C14H9BrClNO/c1-9-2-5-14(13(16)6-9)18-11-4-3-10(8-17)12(15)7-11/h2-7H,1H3. The normalized spacial score (nSPS) is 9.89. The Balaban J connectivity index is 2.29. The van der Waals surface area contributed by atoms with Gasteiger partial charge in [0, 0.05) is 4.47 Å². The van der Waals surface area contributed by atoms with Crippen molar-refractivity contribution in [1.29, 1.82) is 5.26 Å². The predicted octanol–water partition coefficient (Wildman–Crippen LogP) is 5.07. The van der Waals surface area contributed by atoms with Crippen LogP contribution in [0, 0.1) is 18.3 Å². The Morgan fingerprint density at radius 3 is 2.61 bits per heavy atom. The molecule has 4 heteroatoms. The van der Waals surface area contributed by atoms with Crippen molar-refractivity contribution in [1.82, 2.24) is 0 Å². The minimum absolute atomic E-state index is 0.565. The monoisotopic (exact) mass is 321 g/mol. The average Bonchev–Trinajstić information content (AvgIpc) is 2.33. The number of aryl methyl sites for hydroxylation is 1. The molecule has 2 aromatic rings. The van der Waals surface area contributed by atoms with Crippen LogP contribution in [0.2, 0.25) is 5.02 Å². The van der Waals surface area contributed by atoms with Gasteiger partial charge in [-0.05, 0) is 58.7 Å². The van der Waals surface area contributed by atoms with Crippen molar-refractivity contribution in [3.8, 4) is 17.6 Å². The molecule has 0 bridgehead atoms. The van der Waals surface area contributed by atoms with Gasteiger partial charge in [0.15, 0.2) is 0 Å². The van der Waals surface area contributed by atoms with E-state index in [0.717, 1.165) is 5.56 Å². The molecule has 0 heterocycles. The highest BCUT2D eigenvalue weighted by atomic mass is 79.9. The molecule has 0 fully saturated rings. The Labute approximate surface area is 119 Å². The number of hydrogen-bond acceptors (Lipinski definition) is 2. The van der Waals surface area contributed by atoms with Gasteiger partial charge in [-0.25, -0.2) is 0 Å². The van der Waals surface area contributed by atoms with Gasteiger partial charge in [-0.2, -0.15) is 5.26 Å². The van der Waals surface area contributed by atoms with Crippen LogP contribution in [0.1, 0.15) is 11.1 Å². The maximum absolute atomic E-state index is 8.83. The number of ether oxygens (including phenoxy) is 1.